The van der Waals surface area contributed by atoms with Gasteiger partial charge in [-0.25, -0.2) is 19.2 Å². The van der Waals surface area contributed by atoms with Crippen molar-refractivity contribution in [2.24, 2.45) is 0 Å². The van der Waals surface area contributed by atoms with E-state index >= 15 is 0 Å². The van der Waals surface area contributed by atoms with Crippen molar-refractivity contribution in [3.63, 3.8) is 0 Å². The predicted octanol–water partition coefficient (Wildman–Crippen LogP) is 4.06. The number of hydrogen-bond acceptors (Lipinski definition) is 5. The van der Waals surface area contributed by atoms with Crippen molar-refractivity contribution in [2.45, 2.75) is 44.6 Å². The molecule has 1 aromatic carbocycles. The van der Waals surface area contributed by atoms with Crippen LogP contribution in [0.25, 0.3) is 17.0 Å². The van der Waals surface area contributed by atoms with E-state index in [-0.39, 0.29) is 17.5 Å². The average Bonchev–Trinajstić information content (AvgIpc) is 3.51. The number of ether oxygens (including phenoxy) is 1. The molecule has 2 aliphatic heterocycles. The Labute approximate surface area is 196 Å². The molecule has 2 aliphatic rings. The molecule has 2 fully saturated rings. The number of carbonyl (C=O) groups excluding carboxylic acids is 2. The van der Waals surface area contributed by atoms with Crippen LogP contribution in [0.4, 0.5) is 20.6 Å². The van der Waals surface area contributed by atoms with Crippen molar-refractivity contribution in [3.05, 3.63) is 42.6 Å². The lowest BCUT2D eigenvalue weighted by Crippen LogP contribution is -2.45. The fraction of sp³-hybridized carbons (Fsp3) is 0.417. The molecule has 0 saturated carbocycles. The van der Waals surface area contributed by atoms with Crippen LogP contribution in [0, 0.1) is 5.82 Å². The third-order valence-electron chi connectivity index (χ3n) is 6.40. The first-order chi connectivity index (χ1) is 16.4. The van der Waals surface area contributed by atoms with E-state index in [2.05, 4.69) is 20.6 Å². The second kappa shape index (κ2) is 9.02. The zero-order chi connectivity index (χ0) is 23.7. The van der Waals surface area contributed by atoms with Crippen molar-refractivity contribution >= 4 is 29.1 Å². The van der Waals surface area contributed by atoms with Crippen molar-refractivity contribution in [1.29, 1.82) is 0 Å². The molecule has 3 amide bonds. The molecule has 2 saturated heterocycles. The maximum Gasteiger partial charge on any atom is 0.321 e. The first-order valence-electron chi connectivity index (χ1n) is 11.6. The van der Waals surface area contributed by atoms with Gasteiger partial charge in [-0.15, -0.1) is 0 Å². The number of benzene rings is 1. The van der Waals surface area contributed by atoms with Gasteiger partial charge in [-0.05, 0) is 57.2 Å². The van der Waals surface area contributed by atoms with Crippen molar-refractivity contribution < 1.29 is 18.7 Å². The van der Waals surface area contributed by atoms with E-state index in [0.717, 1.165) is 38.8 Å². The number of halogens is 1. The van der Waals surface area contributed by atoms with E-state index in [0.29, 0.717) is 35.9 Å². The fourth-order valence-corrected chi connectivity index (χ4v) is 4.38. The van der Waals surface area contributed by atoms with Crippen LogP contribution in [-0.2, 0) is 9.53 Å². The summed E-state index contributed by atoms with van der Waals surface area (Å²) >= 11 is 0. The summed E-state index contributed by atoms with van der Waals surface area (Å²) in [4.78, 5) is 35.6. The summed E-state index contributed by atoms with van der Waals surface area (Å²) in [5.74, 6) is -0.321. The molecular weight excluding hydrogens is 439 g/mol. The Kier molecular flexibility index (Phi) is 5.91. The van der Waals surface area contributed by atoms with Gasteiger partial charge in [-0.3, -0.25) is 9.20 Å². The van der Waals surface area contributed by atoms with Gasteiger partial charge in [0.25, 0.3) is 5.91 Å². The van der Waals surface area contributed by atoms with E-state index in [9.17, 15) is 14.0 Å². The average molecular weight is 467 g/mol. The number of urea groups is 1. The number of aromatic nitrogens is 3. The molecule has 0 bridgehead atoms. The second-order valence-corrected chi connectivity index (χ2v) is 8.99. The molecule has 178 valence electrons. The zero-order valence-corrected chi connectivity index (χ0v) is 19.0. The van der Waals surface area contributed by atoms with E-state index in [4.69, 9.17) is 4.74 Å². The van der Waals surface area contributed by atoms with Crippen LogP contribution in [0.2, 0.25) is 0 Å². The highest BCUT2D eigenvalue weighted by atomic mass is 19.1. The molecule has 9 nitrogen and oxygen atoms in total. The largest absolute Gasteiger partial charge is 0.365 e. The molecule has 2 aromatic heterocycles. The van der Waals surface area contributed by atoms with E-state index in [1.165, 1.54) is 18.3 Å². The summed E-state index contributed by atoms with van der Waals surface area (Å²) in [6, 6.07) is 4.21. The number of fused-ring (bicyclic) bond motifs is 1. The second-order valence-electron chi connectivity index (χ2n) is 8.99. The zero-order valence-electron chi connectivity index (χ0n) is 19.0. The molecule has 1 atom stereocenters. The van der Waals surface area contributed by atoms with Gasteiger partial charge in [0.05, 0.1) is 17.6 Å². The summed E-state index contributed by atoms with van der Waals surface area (Å²) in [6.07, 6.45) is 9.37. The summed E-state index contributed by atoms with van der Waals surface area (Å²) in [5, 5.41) is 5.69. The molecule has 2 N–H and O–H groups in total. The van der Waals surface area contributed by atoms with Crippen LogP contribution in [-0.4, -0.2) is 56.5 Å². The van der Waals surface area contributed by atoms with Crippen LogP contribution < -0.4 is 10.6 Å². The molecule has 10 heteroatoms. The number of carbonyl (C=O) groups is 2. The standard InChI is InChI=1S/C24H27FN6O3/c1-24(8-2-5-11-34-24)21(32)27-17-13-26-22-29-20(15-31(22)14-17)18-12-16(6-7-19(18)25)28-23(33)30-9-3-4-10-30/h6-7,12-15H,2-5,8-11H2,1H3,(H,27,32)(H,28,33). The first-order valence-corrected chi connectivity index (χ1v) is 11.6. The number of likely N-dealkylation sites (tertiary alicyclic amines) is 1. The van der Waals surface area contributed by atoms with Crippen LogP contribution in [0.5, 0.6) is 0 Å². The number of anilines is 2. The van der Waals surface area contributed by atoms with Gasteiger partial charge in [0.15, 0.2) is 0 Å². The molecule has 34 heavy (non-hydrogen) atoms. The molecule has 1 unspecified atom stereocenters. The van der Waals surface area contributed by atoms with Gasteiger partial charge in [0, 0.05) is 43.3 Å². The van der Waals surface area contributed by atoms with Crippen LogP contribution in [0.3, 0.4) is 0 Å². The Morgan fingerprint density at radius 1 is 1.09 bits per heavy atom. The molecule has 0 aliphatic carbocycles. The normalized spacial score (nSPS) is 20.5. The fourth-order valence-electron chi connectivity index (χ4n) is 4.38. The van der Waals surface area contributed by atoms with Crippen molar-refractivity contribution in [2.75, 3.05) is 30.3 Å². The van der Waals surface area contributed by atoms with E-state index in [1.54, 1.807) is 34.7 Å². The van der Waals surface area contributed by atoms with Gasteiger partial charge >= 0.3 is 6.03 Å². The number of nitrogens with one attached hydrogen (secondary N) is 2. The smallest absolute Gasteiger partial charge is 0.321 e. The van der Waals surface area contributed by atoms with E-state index < -0.39 is 11.4 Å². The van der Waals surface area contributed by atoms with Crippen molar-refractivity contribution in [1.82, 2.24) is 19.3 Å². The Balaban J connectivity index is 1.36. The number of nitrogens with zero attached hydrogens (tertiary/aromatic N) is 4. The summed E-state index contributed by atoms with van der Waals surface area (Å²) < 4.78 is 22.0. The molecule has 0 spiro atoms. The van der Waals surface area contributed by atoms with Crippen molar-refractivity contribution in [3.8, 4) is 11.3 Å². The Hall–Kier alpha value is -3.53. The van der Waals surface area contributed by atoms with Gasteiger partial charge in [-0.2, -0.15) is 0 Å². The Morgan fingerprint density at radius 3 is 2.68 bits per heavy atom. The van der Waals surface area contributed by atoms with Crippen LogP contribution in [0.15, 0.2) is 36.8 Å². The molecule has 5 rings (SSSR count). The van der Waals surface area contributed by atoms with Gasteiger partial charge < -0.3 is 20.3 Å². The minimum atomic E-state index is -0.865. The molecule has 3 aromatic rings. The Morgan fingerprint density at radius 2 is 1.91 bits per heavy atom. The lowest BCUT2D eigenvalue weighted by Gasteiger charge is -2.32. The van der Waals surface area contributed by atoms with Gasteiger partial charge in [0.1, 0.15) is 11.4 Å². The summed E-state index contributed by atoms with van der Waals surface area (Å²) in [7, 11) is 0. The minimum absolute atomic E-state index is 0.192. The highest BCUT2D eigenvalue weighted by Gasteiger charge is 2.36. The lowest BCUT2D eigenvalue weighted by atomic mass is 9.95. The third-order valence-corrected chi connectivity index (χ3v) is 6.40. The number of imidazole rings is 1. The maximum atomic E-state index is 14.7. The lowest BCUT2D eigenvalue weighted by molar-refractivity contribution is -0.144. The predicted molar refractivity (Wildman–Crippen MR) is 125 cm³/mol. The van der Waals surface area contributed by atoms with Gasteiger partial charge in [0.2, 0.25) is 5.78 Å². The molecule has 4 heterocycles. The summed E-state index contributed by atoms with van der Waals surface area (Å²) in [5.41, 5.74) is 0.735. The highest BCUT2D eigenvalue weighted by molar-refractivity contribution is 5.97. The van der Waals surface area contributed by atoms with E-state index in [1.807, 2.05) is 0 Å². The number of amides is 3. The quantitative estimate of drug-likeness (QED) is 0.604. The summed E-state index contributed by atoms with van der Waals surface area (Å²) in [6.45, 7) is 3.81. The first kappa shape index (κ1) is 22.3. The maximum absolute atomic E-state index is 14.7. The highest BCUT2D eigenvalue weighted by Crippen LogP contribution is 2.28. The van der Waals surface area contributed by atoms with Gasteiger partial charge in [-0.1, -0.05) is 0 Å². The number of rotatable bonds is 4. The SMILES string of the molecule is CC1(C(=O)Nc2cnc3nc(-c4cc(NC(=O)N5CCCC5)ccc4F)cn3c2)CCCCO1. The van der Waals surface area contributed by atoms with Crippen LogP contribution in [0.1, 0.15) is 39.0 Å². The molecule has 0 radical (unpaired) electrons. The Bertz CT molecular complexity index is 1230. The third kappa shape index (κ3) is 4.45. The molecular formula is C24H27FN6O3. The number of hydrogen-bond donors (Lipinski definition) is 2. The minimum Gasteiger partial charge on any atom is -0.365 e. The monoisotopic (exact) mass is 466 g/mol. The van der Waals surface area contributed by atoms with Crippen LogP contribution >= 0.6 is 0 Å². The topological polar surface area (TPSA) is 101 Å².